The Bertz CT molecular complexity index is 2200. The molecular formula is C55H87FN6O10S. The number of rotatable bonds is 15. The SMILES string of the molecule is C#C[C@]1(O)[C@H](O)[C@@H](C)N(C)C[C@H](C)C[C@@](C)(O)[C@H](OC2C[C@@H](N(C)CCc3cn([C@H](CF)CC4C=CC(c5cnc(OC)s5)=CC4)nn3)C[C@@H](C)O2)[C@@H](C)[C@H](C2C[C@@](C)(OC)C[C@H](C)O2)[C@@H](C)C(=O)O[C@@H]1CC. The number of aliphatic hydroxyl groups is 3. The highest BCUT2D eigenvalue weighted by Gasteiger charge is 2.53. The highest BCUT2D eigenvalue weighted by atomic mass is 32.1. The second-order valence-electron chi connectivity index (χ2n) is 22.6. The first-order valence-corrected chi connectivity index (χ1v) is 27.4. The molecule has 0 radical (unpaired) electrons. The van der Waals surface area contributed by atoms with Crippen molar-refractivity contribution in [3.63, 3.8) is 0 Å². The van der Waals surface area contributed by atoms with E-state index in [2.05, 4.69) is 51.4 Å². The van der Waals surface area contributed by atoms with Crippen LogP contribution in [0.25, 0.3) is 5.57 Å². The summed E-state index contributed by atoms with van der Waals surface area (Å²) < 4.78 is 54.4. The van der Waals surface area contributed by atoms with Gasteiger partial charge in [-0.15, -0.1) is 11.5 Å². The second-order valence-corrected chi connectivity index (χ2v) is 23.6. The fourth-order valence-electron chi connectivity index (χ4n) is 12.3. The number of terminal acetylenes is 1. The molecule has 1 aliphatic carbocycles. The first kappa shape index (κ1) is 58.9. The second kappa shape index (κ2) is 25.2. The van der Waals surface area contributed by atoms with E-state index in [9.17, 15) is 24.5 Å². The maximum Gasteiger partial charge on any atom is 0.309 e. The molecule has 3 N–H and O–H groups in total. The number of ether oxygens (including phenoxy) is 6. The van der Waals surface area contributed by atoms with Crippen LogP contribution in [0.3, 0.4) is 0 Å². The third kappa shape index (κ3) is 14.2. The van der Waals surface area contributed by atoms with Crippen molar-refractivity contribution < 1.29 is 52.9 Å². The Hall–Kier alpha value is -3.35. The number of nitrogens with zero attached hydrogens (tertiary/aromatic N) is 6. The van der Waals surface area contributed by atoms with Crippen LogP contribution in [0.4, 0.5) is 4.39 Å². The van der Waals surface area contributed by atoms with Crippen molar-refractivity contribution in [1.29, 1.82) is 0 Å². The number of esters is 1. The van der Waals surface area contributed by atoms with E-state index >= 15 is 0 Å². The molecule has 3 unspecified atom stereocenters. The van der Waals surface area contributed by atoms with Gasteiger partial charge in [-0.25, -0.2) is 14.1 Å². The van der Waals surface area contributed by atoms with E-state index in [1.807, 2.05) is 59.0 Å². The van der Waals surface area contributed by atoms with Crippen molar-refractivity contribution in [1.82, 2.24) is 29.8 Å². The zero-order valence-corrected chi connectivity index (χ0v) is 46.6. The van der Waals surface area contributed by atoms with Crippen LogP contribution in [0.2, 0.25) is 0 Å². The molecule has 2 aromatic heterocycles. The van der Waals surface area contributed by atoms with Gasteiger partial charge in [-0.05, 0) is 104 Å². The molecule has 3 aliphatic heterocycles. The average Bonchev–Trinajstić information content (AvgIpc) is 4.05. The maximum absolute atomic E-state index is 14.7. The van der Waals surface area contributed by atoms with Crippen LogP contribution in [0.1, 0.15) is 130 Å². The molecule has 0 amide bonds. The number of hydrogen-bond donors (Lipinski definition) is 3. The van der Waals surface area contributed by atoms with Crippen molar-refractivity contribution in [3.8, 4) is 17.5 Å². The van der Waals surface area contributed by atoms with E-state index < -0.39 is 90.0 Å². The Morgan fingerprint density at radius 1 is 1.08 bits per heavy atom. The molecule has 3 fully saturated rings. The number of carbonyl (C=O) groups excluding carboxylic acids is 1. The van der Waals surface area contributed by atoms with E-state index in [-0.39, 0.29) is 36.5 Å². The fraction of sp³-hybridized carbons (Fsp3) is 0.782. The predicted octanol–water partition coefficient (Wildman–Crippen LogP) is 7.08. The zero-order chi connectivity index (χ0) is 53.6. The van der Waals surface area contributed by atoms with E-state index in [1.165, 1.54) is 11.3 Å². The van der Waals surface area contributed by atoms with Gasteiger partial charge in [-0.2, -0.15) is 0 Å². The fourth-order valence-corrected chi connectivity index (χ4v) is 13.1. The van der Waals surface area contributed by atoms with Crippen LogP contribution in [-0.2, 0) is 34.9 Å². The van der Waals surface area contributed by atoms with Crippen molar-refractivity contribution in [2.24, 2.45) is 29.6 Å². The van der Waals surface area contributed by atoms with Gasteiger partial charge in [0.15, 0.2) is 11.9 Å². The summed E-state index contributed by atoms with van der Waals surface area (Å²) in [6.45, 7) is 17.8. The summed E-state index contributed by atoms with van der Waals surface area (Å²) in [4.78, 5) is 24.2. The Balaban J connectivity index is 1.21. The van der Waals surface area contributed by atoms with Crippen LogP contribution < -0.4 is 4.74 Å². The normalized spacial score (nSPS) is 39.0. The molecule has 18 heteroatoms. The molecule has 16 nitrogen and oxygen atoms in total. The molecule has 6 rings (SSSR count). The smallest absolute Gasteiger partial charge is 0.309 e. The van der Waals surface area contributed by atoms with Gasteiger partial charge in [0.2, 0.25) is 0 Å². The van der Waals surface area contributed by atoms with Crippen LogP contribution in [0.5, 0.6) is 5.19 Å². The zero-order valence-electron chi connectivity index (χ0n) is 45.8. The number of methoxy groups -OCH3 is 2. The van der Waals surface area contributed by atoms with Crippen molar-refractivity contribution in [2.75, 3.05) is 48.1 Å². The number of carbonyl (C=O) groups is 1. The summed E-state index contributed by atoms with van der Waals surface area (Å²) in [7, 11) is 7.22. The molecule has 18 atom stereocenters. The van der Waals surface area contributed by atoms with Gasteiger partial charge >= 0.3 is 5.97 Å². The maximum atomic E-state index is 14.7. The molecular weight excluding hydrogens is 956 g/mol. The predicted molar refractivity (Wildman–Crippen MR) is 279 cm³/mol. The molecule has 0 spiro atoms. The molecule has 0 aromatic carbocycles. The lowest BCUT2D eigenvalue weighted by atomic mass is 9.69. The van der Waals surface area contributed by atoms with Crippen molar-refractivity contribution in [2.45, 2.75) is 198 Å². The van der Waals surface area contributed by atoms with Gasteiger partial charge < -0.3 is 53.5 Å². The highest BCUT2D eigenvalue weighted by Crippen LogP contribution is 2.45. The van der Waals surface area contributed by atoms with Crippen molar-refractivity contribution >= 4 is 22.9 Å². The van der Waals surface area contributed by atoms with Gasteiger partial charge in [0, 0.05) is 76.3 Å². The quantitative estimate of drug-likeness (QED) is 0.122. The minimum absolute atomic E-state index is 0.0444. The van der Waals surface area contributed by atoms with Crippen LogP contribution in [-0.4, -0.2) is 171 Å². The number of alkyl halides is 1. The largest absolute Gasteiger partial charge is 0.473 e. The number of aromatic nitrogens is 4. The van der Waals surface area contributed by atoms with Gasteiger partial charge in [0.05, 0.1) is 65.3 Å². The molecule has 0 bridgehead atoms. The third-order valence-corrected chi connectivity index (χ3v) is 17.6. The molecule has 3 saturated heterocycles. The van der Waals surface area contributed by atoms with Crippen molar-refractivity contribution in [3.05, 3.63) is 41.2 Å². The standard InChI is InChI=1S/C55H87FN6O10S/c1-15-46-55(66,16-2)49(63)38(8)61(12)31-33(3)26-54(10,65)50(36(6)48(37(7)51(64)71-46)44-28-53(9,68-14)27-35(5)69-44)72-47-25-42(23-34(4)70-47)60(11)22-21-41-32-62(59-58-41)43(29-56)24-39-17-19-40(20-18-39)45-30-57-52(67-13)73-45/h2,17,19-20,30,32-39,42-44,46-50,63,65-66H,15,18,21-29,31H2,1,3-14H3/t33-,34-,35+,36+,37-,38-,39?,42+,43+,44?,46-,47?,48+,49-,50-,53+,54-,55-/m1/s1. The molecule has 2 aromatic rings. The summed E-state index contributed by atoms with van der Waals surface area (Å²) in [5, 5.41) is 46.2. The van der Waals surface area contributed by atoms with E-state index in [4.69, 9.17) is 34.8 Å². The van der Waals surface area contributed by atoms with Gasteiger partial charge in [0.1, 0.15) is 18.9 Å². The molecule has 5 heterocycles. The molecule has 73 heavy (non-hydrogen) atoms. The Labute approximate surface area is 438 Å². The monoisotopic (exact) mass is 1040 g/mol. The Kier molecular flexibility index (Phi) is 20.3. The highest BCUT2D eigenvalue weighted by molar-refractivity contribution is 7.14. The lowest BCUT2D eigenvalue weighted by Crippen LogP contribution is -2.60. The lowest BCUT2D eigenvalue weighted by molar-refractivity contribution is -0.271. The number of thiazole rings is 1. The van der Waals surface area contributed by atoms with Gasteiger partial charge in [-0.1, -0.05) is 68.4 Å². The van der Waals surface area contributed by atoms with E-state index in [1.54, 1.807) is 46.6 Å². The number of cyclic esters (lactones) is 1. The topological polar surface area (TPSA) is 183 Å². The summed E-state index contributed by atoms with van der Waals surface area (Å²) >= 11 is 1.50. The van der Waals surface area contributed by atoms with Gasteiger partial charge in [0.25, 0.3) is 5.19 Å². The summed E-state index contributed by atoms with van der Waals surface area (Å²) in [5.41, 5.74) is -2.34. The van der Waals surface area contributed by atoms with Crippen LogP contribution in [0, 0.1) is 41.9 Å². The minimum atomic E-state index is -2.19. The Morgan fingerprint density at radius 3 is 2.45 bits per heavy atom. The van der Waals surface area contributed by atoms with E-state index in [0.717, 1.165) is 29.0 Å². The van der Waals surface area contributed by atoms with Crippen LogP contribution in [0.15, 0.2) is 30.6 Å². The number of likely N-dealkylation sites (N-methyl/N-ethyl adjacent to an activating group) is 2. The average molecular weight is 1040 g/mol. The molecule has 410 valence electrons. The summed E-state index contributed by atoms with van der Waals surface area (Å²) in [6.07, 6.45) is 15.7. The minimum Gasteiger partial charge on any atom is -0.473 e. The van der Waals surface area contributed by atoms with E-state index in [0.29, 0.717) is 56.8 Å². The third-order valence-electron chi connectivity index (χ3n) is 16.6. The number of aliphatic hydroxyl groups excluding tert-OH is 1. The number of allylic oxidation sites excluding steroid dienone is 4. The van der Waals surface area contributed by atoms with Crippen LogP contribution >= 0.6 is 11.3 Å². The first-order valence-electron chi connectivity index (χ1n) is 26.6. The number of hydrogen-bond acceptors (Lipinski definition) is 16. The first-order chi connectivity index (χ1) is 34.5. The molecule has 0 saturated carbocycles. The lowest BCUT2D eigenvalue weighted by Gasteiger charge is -2.50. The van der Waals surface area contributed by atoms with Gasteiger partial charge in [-0.3, -0.25) is 4.79 Å². The summed E-state index contributed by atoms with van der Waals surface area (Å²) in [5.74, 6) is -0.126. The number of halogens is 1. The summed E-state index contributed by atoms with van der Waals surface area (Å²) in [6, 6.07) is -1.04. The Morgan fingerprint density at radius 2 is 1.82 bits per heavy atom. The molecule has 4 aliphatic rings.